The molecule has 0 bridgehead atoms. The minimum absolute atomic E-state index is 0.131. The minimum atomic E-state index is -3.75. The Balaban J connectivity index is 1.91. The molecule has 0 atom stereocenters. The van der Waals surface area contributed by atoms with E-state index < -0.39 is 10.0 Å². The highest BCUT2D eigenvalue weighted by molar-refractivity contribution is 7.89. The number of hydrogen-bond acceptors (Lipinski definition) is 6. The molecule has 1 aromatic carbocycles. The third-order valence-electron chi connectivity index (χ3n) is 3.95. The number of hydrogen-bond donors (Lipinski definition) is 1. The van der Waals surface area contributed by atoms with E-state index in [1.807, 2.05) is 32.9 Å². The standard InChI is InChI=1S/C17H22N4O3S2/c1-5-14-16(21-17(19-14)25-15(20-21)11(2)3)26(22,23)18-10-12-6-8-13(24-4)9-7-12/h6-9,11,18H,5,10H2,1-4H3. The van der Waals surface area contributed by atoms with Crippen molar-refractivity contribution in [3.05, 3.63) is 40.5 Å². The van der Waals surface area contributed by atoms with Gasteiger partial charge in [0, 0.05) is 12.5 Å². The molecule has 0 saturated heterocycles. The Morgan fingerprint density at radius 2 is 1.96 bits per heavy atom. The van der Waals surface area contributed by atoms with E-state index in [0.29, 0.717) is 17.1 Å². The Labute approximate surface area is 157 Å². The number of imidazole rings is 1. The number of ether oxygens (including phenoxy) is 1. The molecule has 0 aliphatic heterocycles. The zero-order valence-corrected chi connectivity index (χ0v) is 16.8. The van der Waals surface area contributed by atoms with Gasteiger partial charge in [-0.3, -0.25) is 0 Å². The second-order valence-electron chi connectivity index (χ2n) is 6.18. The van der Waals surface area contributed by atoms with Crippen LogP contribution in [0.2, 0.25) is 0 Å². The van der Waals surface area contributed by atoms with Crippen LogP contribution in [0.4, 0.5) is 0 Å². The molecule has 1 N–H and O–H groups in total. The molecule has 0 radical (unpaired) electrons. The molecule has 0 aliphatic carbocycles. The highest BCUT2D eigenvalue weighted by atomic mass is 32.2. The first-order chi connectivity index (χ1) is 12.4. The van der Waals surface area contributed by atoms with Gasteiger partial charge in [-0.1, -0.05) is 44.2 Å². The highest BCUT2D eigenvalue weighted by Crippen LogP contribution is 2.26. The number of aryl methyl sites for hydroxylation is 1. The first-order valence-corrected chi connectivity index (χ1v) is 10.7. The molecule has 0 amide bonds. The van der Waals surface area contributed by atoms with Crippen molar-refractivity contribution in [3.63, 3.8) is 0 Å². The molecule has 0 aliphatic rings. The molecule has 0 unspecified atom stereocenters. The number of aromatic nitrogens is 3. The van der Waals surface area contributed by atoms with Gasteiger partial charge < -0.3 is 4.74 Å². The summed E-state index contributed by atoms with van der Waals surface area (Å²) < 4.78 is 35.1. The number of methoxy groups -OCH3 is 1. The largest absolute Gasteiger partial charge is 0.497 e. The van der Waals surface area contributed by atoms with Crippen molar-refractivity contribution in [2.75, 3.05) is 7.11 Å². The fourth-order valence-corrected chi connectivity index (χ4v) is 4.84. The summed E-state index contributed by atoms with van der Waals surface area (Å²) in [5.41, 5.74) is 1.37. The maximum absolute atomic E-state index is 12.9. The maximum Gasteiger partial charge on any atom is 0.260 e. The molecule has 2 aromatic heterocycles. The Hall–Kier alpha value is -1.97. The molecular formula is C17H22N4O3S2. The van der Waals surface area contributed by atoms with Crippen LogP contribution in [0.5, 0.6) is 5.75 Å². The zero-order chi connectivity index (χ0) is 18.9. The smallest absolute Gasteiger partial charge is 0.260 e. The Morgan fingerprint density at radius 1 is 1.27 bits per heavy atom. The van der Waals surface area contributed by atoms with E-state index in [1.165, 1.54) is 15.9 Å². The van der Waals surface area contributed by atoms with Gasteiger partial charge in [0.05, 0.1) is 12.8 Å². The lowest BCUT2D eigenvalue weighted by atomic mass is 10.2. The van der Waals surface area contributed by atoms with Crippen LogP contribution in [0.15, 0.2) is 29.3 Å². The van der Waals surface area contributed by atoms with Crippen LogP contribution in [0.1, 0.15) is 43.0 Å². The van der Waals surface area contributed by atoms with E-state index in [0.717, 1.165) is 16.3 Å². The summed E-state index contributed by atoms with van der Waals surface area (Å²) in [4.78, 5) is 5.07. The van der Waals surface area contributed by atoms with Gasteiger partial charge in [0.2, 0.25) is 4.96 Å². The molecule has 3 rings (SSSR count). The summed E-state index contributed by atoms with van der Waals surface area (Å²) in [5.74, 6) is 0.945. The molecule has 140 valence electrons. The Morgan fingerprint density at radius 3 is 2.54 bits per heavy atom. The van der Waals surface area contributed by atoms with Crippen molar-refractivity contribution >= 4 is 26.3 Å². The van der Waals surface area contributed by atoms with Gasteiger partial charge in [-0.15, -0.1) is 0 Å². The van der Waals surface area contributed by atoms with Crippen LogP contribution in [0.25, 0.3) is 4.96 Å². The predicted molar refractivity (Wildman–Crippen MR) is 101 cm³/mol. The maximum atomic E-state index is 12.9. The van der Waals surface area contributed by atoms with Crippen molar-refractivity contribution in [3.8, 4) is 5.75 Å². The van der Waals surface area contributed by atoms with Crippen LogP contribution in [0.3, 0.4) is 0 Å². The molecule has 0 fully saturated rings. The first kappa shape index (κ1) is 18.8. The van der Waals surface area contributed by atoms with E-state index in [-0.39, 0.29) is 17.5 Å². The SMILES string of the molecule is CCc1nc2sc(C(C)C)nn2c1S(=O)(=O)NCc1ccc(OC)cc1. The number of nitrogens with one attached hydrogen (secondary N) is 1. The van der Waals surface area contributed by atoms with Gasteiger partial charge in [-0.2, -0.15) is 9.61 Å². The molecule has 9 heteroatoms. The quantitative estimate of drug-likeness (QED) is 0.666. The summed E-state index contributed by atoms with van der Waals surface area (Å²) in [6.07, 6.45) is 0.520. The number of sulfonamides is 1. The van der Waals surface area contributed by atoms with Crippen LogP contribution < -0.4 is 9.46 Å². The van der Waals surface area contributed by atoms with Crippen LogP contribution in [-0.4, -0.2) is 30.1 Å². The summed E-state index contributed by atoms with van der Waals surface area (Å²) >= 11 is 1.43. The lowest BCUT2D eigenvalue weighted by Crippen LogP contribution is -2.25. The molecule has 26 heavy (non-hydrogen) atoms. The number of fused-ring (bicyclic) bond motifs is 1. The first-order valence-electron chi connectivity index (χ1n) is 8.36. The normalized spacial score (nSPS) is 12.2. The zero-order valence-electron chi connectivity index (χ0n) is 15.2. The lowest BCUT2D eigenvalue weighted by Gasteiger charge is -2.08. The van der Waals surface area contributed by atoms with Crippen molar-refractivity contribution in [1.29, 1.82) is 0 Å². The van der Waals surface area contributed by atoms with Gasteiger partial charge in [0.1, 0.15) is 10.8 Å². The number of rotatable bonds is 7. The van der Waals surface area contributed by atoms with E-state index >= 15 is 0 Å². The van der Waals surface area contributed by atoms with Crippen molar-refractivity contribution in [1.82, 2.24) is 19.3 Å². The van der Waals surface area contributed by atoms with Crippen LogP contribution in [-0.2, 0) is 23.0 Å². The average Bonchev–Trinajstić information content (AvgIpc) is 3.17. The summed E-state index contributed by atoms with van der Waals surface area (Å²) in [6, 6.07) is 7.25. The molecule has 2 heterocycles. The fourth-order valence-electron chi connectivity index (χ4n) is 2.51. The van der Waals surface area contributed by atoms with Gasteiger partial charge in [-0.25, -0.2) is 18.1 Å². The van der Waals surface area contributed by atoms with Crippen molar-refractivity contribution in [2.45, 2.75) is 44.7 Å². The Bertz CT molecular complexity index is 1000. The molecular weight excluding hydrogens is 372 g/mol. The van der Waals surface area contributed by atoms with E-state index in [1.54, 1.807) is 19.2 Å². The van der Waals surface area contributed by atoms with E-state index in [2.05, 4.69) is 14.8 Å². The van der Waals surface area contributed by atoms with Crippen molar-refractivity contribution < 1.29 is 13.2 Å². The van der Waals surface area contributed by atoms with Gasteiger partial charge in [0.25, 0.3) is 10.0 Å². The molecule has 7 nitrogen and oxygen atoms in total. The average molecular weight is 395 g/mol. The monoisotopic (exact) mass is 394 g/mol. The second-order valence-corrected chi connectivity index (χ2v) is 8.85. The fraction of sp³-hybridized carbons (Fsp3) is 0.412. The van der Waals surface area contributed by atoms with Crippen LogP contribution >= 0.6 is 11.3 Å². The third kappa shape index (κ3) is 3.60. The third-order valence-corrected chi connectivity index (χ3v) is 6.61. The summed E-state index contributed by atoms with van der Waals surface area (Å²) in [6.45, 7) is 6.12. The second kappa shape index (κ2) is 7.34. The summed E-state index contributed by atoms with van der Waals surface area (Å²) in [5, 5.41) is 5.46. The Kier molecular flexibility index (Phi) is 5.31. The van der Waals surface area contributed by atoms with Gasteiger partial charge in [0.15, 0.2) is 5.03 Å². The summed E-state index contributed by atoms with van der Waals surface area (Å²) in [7, 11) is -2.16. The highest BCUT2D eigenvalue weighted by Gasteiger charge is 2.27. The molecule has 3 aromatic rings. The molecule has 0 spiro atoms. The van der Waals surface area contributed by atoms with E-state index in [4.69, 9.17) is 4.74 Å². The van der Waals surface area contributed by atoms with Crippen molar-refractivity contribution in [2.24, 2.45) is 0 Å². The predicted octanol–water partition coefficient (Wildman–Crippen LogP) is 2.96. The topological polar surface area (TPSA) is 85.6 Å². The van der Waals surface area contributed by atoms with E-state index in [9.17, 15) is 8.42 Å². The lowest BCUT2D eigenvalue weighted by molar-refractivity contribution is 0.414. The number of benzene rings is 1. The number of nitrogens with zero attached hydrogens (tertiary/aromatic N) is 3. The molecule has 0 saturated carbocycles. The van der Waals surface area contributed by atoms with Gasteiger partial charge in [-0.05, 0) is 24.1 Å². The minimum Gasteiger partial charge on any atom is -0.497 e. The van der Waals surface area contributed by atoms with Gasteiger partial charge >= 0.3 is 0 Å². The van der Waals surface area contributed by atoms with Crippen LogP contribution in [0, 0.1) is 0 Å².